The SMILES string of the molecule is COc1cc(/C=C/C(=O)OCC(=O)NC[C@@H]2CCCO2)cc(Cl)c1OC(C)C. The fourth-order valence-corrected chi connectivity index (χ4v) is 2.88. The van der Waals surface area contributed by atoms with Gasteiger partial charge in [0.25, 0.3) is 5.91 Å². The average molecular weight is 412 g/mol. The number of carbonyl (C=O) groups excluding carboxylic acids is 2. The van der Waals surface area contributed by atoms with Crippen LogP contribution in [0.2, 0.25) is 5.02 Å². The van der Waals surface area contributed by atoms with Crippen molar-refractivity contribution < 1.29 is 28.5 Å². The minimum absolute atomic E-state index is 0.0434. The molecule has 1 aromatic carbocycles. The summed E-state index contributed by atoms with van der Waals surface area (Å²) in [7, 11) is 1.51. The summed E-state index contributed by atoms with van der Waals surface area (Å²) >= 11 is 6.25. The lowest BCUT2D eigenvalue weighted by Gasteiger charge is -2.15. The van der Waals surface area contributed by atoms with Crippen LogP contribution >= 0.6 is 11.6 Å². The molecule has 154 valence electrons. The van der Waals surface area contributed by atoms with Crippen molar-refractivity contribution in [3.8, 4) is 11.5 Å². The van der Waals surface area contributed by atoms with Gasteiger partial charge in [-0.25, -0.2) is 4.79 Å². The van der Waals surface area contributed by atoms with Crippen molar-refractivity contribution in [2.24, 2.45) is 0 Å². The van der Waals surface area contributed by atoms with Gasteiger partial charge in [-0.2, -0.15) is 0 Å². The van der Waals surface area contributed by atoms with Crippen LogP contribution in [-0.4, -0.2) is 51.0 Å². The number of nitrogens with one attached hydrogen (secondary N) is 1. The van der Waals surface area contributed by atoms with Gasteiger partial charge in [0, 0.05) is 19.2 Å². The zero-order valence-corrected chi connectivity index (χ0v) is 17.1. The van der Waals surface area contributed by atoms with Crippen LogP contribution < -0.4 is 14.8 Å². The van der Waals surface area contributed by atoms with E-state index in [-0.39, 0.29) is 24.7 Å². The number of carbonyl (C=O) groups is 2. The number of halogens is 1. The topological polar surface area (TPSA) is 83.1 Å². The first-order valence-electron chi connectivity index (χ1n) is 9.16. The van der Waals surface area contributed by atoms with E-state index in [0.717, 1.165) is 19.4 Å². The summed E-state index contributed by atoms with van der Waals surface area (Å²) in [6.07, 6.45) is 4.66. The first kappa shape index (κ1) is 22.0. The Morgan fingerprint density at radius 2 is 2.18 bits per heavy atom. The van der Waals surface area contributed by atoms with E-state index in [0.29, 0.717) is 28.6 Å². The molecule has 8 heteroatoms. The maximum Gasteiger partial charge on any atom is 0.331 e. The predicted molar refractivity (Wildman–Crippen MR) is 106 cm³/mol. The van der Waals surface area contributed by atoms with Crippen LogP contribution in [0.3, 0.4) is 0 Å². The third-order valence-corrected chi connectivity index (χ3v) is 4.19. The lowest BCUT2D eigenvalue weighted by Crippen LogP contribution is -2.34. The molecule has 1 heterocycles. The number of amides is 1. The molecule has 0 spiro atoms. The predicted octanol–water partition coefficient (Wildman–Crippen LogP) is 2.99. The summed E-state index contributed by atoms with van der Waals surface area (Å²) in [5.74, 6) is -0.0912. The Bertz CT molecular complexity index is 713. The second kappa shape index (κ2) is 10.9. The molecule has 1 aliphatic rings. The van der Waals surface area contributed by atoms with Gasteiger partial charge >= 0.3 is 5.97 Å². The monoisotopic (exact) mass is 411 g/mol. The Kier molecular flexibility index (Phi) is 8.60. The van der Waals surface area contributed by atoms with Crippen molar-refractivity contribution in [1.82, 2.24) is 5.32 Å². The summed E-state index contributed by atoms with van der Waals surface area (Å²) in [4.78, 5) is 23.5. The quantitative estimate of drug-likeness (QED) is 0.497. The number of esters is 1. The summed E-state index contributed by atoms with van der Waals surface area (Å²) < 4.78 is 21.3. The van der Waals surface area contributed by atoms with E-state index in [4.69, 9.17) is 30.5 Å². The Balaban J connectivity index is 1.85. The molecule has 1 aromatic rings. The smallest absolute Gasteiger partial charge is 0.331 e. The number of benzene rings is 1. The molecule has 0 aliphatic carbocycles. The molecule has 0 unspecified atom stereocenters. The van der Waals surface area contributed by atoms with Crippen molar-refractivity contribution in [1.29, 1.82) is 0 Å². The van der Waals surface area contributed by atoms with Crippen molar-refractivity contribution in [3.05, 3.63) is 28.8 Å². The van der Waals surface area contributed by atoms with Crippen LogP contribution in [0.4, 0.5) is 0 Å². The van der Waals surface area contributed by atoms with E-state index in [1.54, 1.807) is 12.1 Å². The van der Waals surface area contributed by atoms with Crippen molar-refractivity contribution >= 4 is 29.6 Å². The van der Waals surface area contributed by atoms with E-state index in [1.165, 1.54) is 19.3 Å². The average Bonchev–Trinajstić information content (AvgIpc) is 3.18. The van der Waals surface area contributed by atoms with Crippen LogP contribution in [0, 0.1) is 0 Å². The van der Waals surface area contributed by atoms with Gasteiger partial charge in [-0.05, 0) is 50.5 Å². The minimum atomic E-state index is -0.634. The Hall–Kier alpha value is -2.25. The Labute approximate surface area is 169 Å². The summed E-state index contributed by atoms with van der Waals surface area (Å²) in [6.45, 7) is 4.57. The maximum atomic E-state index is 11.8. The van der Waals surface area contributed by atoms with E-state index >= 15 is 0 Å². The highest BCUT2D eigenvalue weighted by molar-refractivity contribution is 6.32. The molecular formula is C20H26ClNO6. The summed E-state index contributed by atoms with van der Waals surface area (Å²) in [5, 5.41) is 3.05. The largest absolute Gasteiger partial charge is 0.493 e. The molecule has 0 saturated carbocycles. The molecule has 1 N–H and O–H groups in total. The van der Waals surface area contributed by atoms with E-state index in [1.807, 2.05) is 13.8 Å². The second-order valence-electron chi connectivity index (χ2n) is 6.58. The number of hydrogen-bond acceptors (Lipinski definition) is 6. The Morgan fingerprint density at radius 1 is 1.39 bits per heavy atom. The van der Waals surface area contributed by atoms with Crippen LogP contribution in [0.5, 0.6) is 11.5 Å². The van der Waals surface area contributed by atoms with E-state index in [2.05, 4.69) is 5.32 Å². The minimum Gasteiger partial charge on any atom is -0.493 e. The highest BCUT2D eigenvalue weighted by Crippen LogP contribution is 2.37. The van der Waals surface area contributed by atoms with Gasteiger partial charge in [-0.1, -0.05) is 11.6 Å². The zero-order valence-electron chi connectivity index (χ0n) is 16.3. The highest BCUT2D eigenvalue weighted by Gasteiger charge is 2.16. The fraction of sp³-hybridized carbons (Fsp3) is 0.500. The number of rotatable bonds is 9. The fourth-order valence-electron chi connectivity index (χ4n) is 2.62. The molecule has 1 saturated heterocycles. The summed E-state index contributed by atoms with van der Waals surface area (Å²) in [5.41, 5.74) is 0.637. The van der Waals surface area contributed by atoms with Crippen LogP contribution in [0.1, 0.15) is 32.3 Å². The molecule has 0 radical (unpaired) electrons. The standard InChI is InChI=1S/C20H26ClNO6/c1-13(2)28-20-16(21)9-14(10-17(20)25-3)6-7-19(24)27-12-18(23)22-11-15-5-4-8-26-15/h6-7,9-10,13,15H,4-5,8,11-12H2,1-3H3,(H,22,23)/b7-6+/t15-/m0/s1. The van der Waals surface area contributed by atoms with Crippen molar-refractivity contribution in [2.45, 2.75) is 38.9 Å². The molecule has 7 nitrogen and oxygen atoms in total. The van der Waals surface area contributed by atoms with Gasteiger partial charge in [-0.15, -0.1) is 0 Å². The normalized spacial score (nSPS) is 16.4. The van der Waals surface area contributed by atoms with Gasteiger partial charge in [0.05, 0.1) is 24.3 Å². The van der Waals surface area contributed by atoms with Crippen molar-refractivity contribution in [3.63, 3.8) is 0 Å². The van der Waals surface area contributed by atoms with Gasteiger partial charge in [0.2, 0.25) is 0 Å². The van der Waals surface area contributed by atoms with Crippen LogP contribution in [0.25, 0.3) is 6.08 Å². The van der Waals surface area contributed by atoms with Gasteiger partial charge in [0.1, 0.15) is 0 Å². The first-order valence-corrected chi connectivity index (χ1v) is 9.54. The molecule has 1 amide bonds. The lowest BCUT2D eigenvalue weighted by molar-refractivity contribution is -0.143. The molecule has 2 rings (SSSR count). The first-order chi connectivity index (χ1) is 13.4. The van der Waals surface area contributed by atoms with Gasteiger partial charge < -0.3 is 24.3 Å². The van der Waals surface area contributed by atoms with Gasteiger partial charge in [-0.3, -0.25) is 4.79 Å². The summed E-state index contributed by atoms with van der Waals surface area (Å²) in [6, 6.07) is 3.35. The Morgan fingerprint density at radius 3 is 2.82 bits per heavy atom. The second-order valence-corrected chi connectivity index (χ2v) is 6.99. The van der Waals surface area contributed by atoms with E-state index in [9.17, 15) is 9.59 Å². The maximum absolute atomic E-state index is 11.8. The lowest BCUT2D eigenvalue weighted by atomic mass is 10.2. The molecule has 1 fully saturated rings. The van der Waals surface area contributed by atoms with Gasteiger partial charge in [0.15, 0.2) is 18.1 Å². The molecular weight excluding hydrogens is 386 g/mol. The zero-order chi connectivity index (χ0) is 20.5. The number of ether oxygens (including phenoxy) is 4. The third-order valence-electron chi connectivity index (χ3n) is 3.91. The molecule has 0 aromatic heterocycles. The molecule has 1 atom stereocenters. The molecule has 28 heavy (non-hydrogen) atoms. The molecule has 1 aliphatic heterocycles. The van der Waals surface area contributed by atoms with Crippen LogP contribution in [0.15, 0.2) is 18.2 Å². The van der Waals surface area contributed by atoms with Crippen molar-refractivity contribution in [2.75, 3.05) is 26.9 Å². The highest BCUT2D eigenvalue weighted by atomic mass is 35.5. The van der Waals surface area contributed by atoms with Crippen LogP contribution in [-0.2, 0) is 19.1 Å². The molecule has 0 bridgehead atoms. The number of methoxy groups -OCH3 is 1. The van der Waals surface area contributed by atoms with E-state index < -0.39 is 5.97 Å². The third kappa shape index (κ3) is 7.05. The number of hydrogen-bond donors (Lipinski definition) is 1.